The zero-order valence-electron chi connectivity index (χ0n) is 10.4. The summed E-state index contributed by atoms with van der Waals surface area (Å²) in [4.78, 5) is 22.8. The van der Waals surface area contributed by atoms with Gasteiger partial charge in [0.25, 0.3) is 0 Å². The highest BCUT2D eigenvalue weighted by atomic mass is 16.5. The number of nitrogens with one attached hydrogen (secondary N) is 1. The molecule has 98 valence electrons. The fraction of sp³-hybridized carbons (Fsp3) is 0.833. The maximum Gasteiger partial charge on any atom is 0.307 e. The summed E-state index contributed by atoms with van der Waals surface area (Å²) in [6.45, 7) is 4.94. The molecule has 0 aromatic heterocycles. The van der Waals surface area contributed by atoms with Crippen molar-refractivity contribution in [3.05, 3.63) is 0 Å². The first-order chi connectivity index (χ1) is 8.04. The summed E-state index contributed by atoms with van der Waals surface area (Å²) in [5, 5.41) is 11.9. The minimum Gasteiger partial charge on any atom is -0.481 e. The first-order valence-corrected chi connectivity index (χ1v) is 6.14. The summed E-state index contributed by atoms with van der Waals surface area (Å²) in [5.41, 5.74) is 0. The largest absolute Gasteiger partial charge is 0.481 e. The van der Waals surface area contributed by atoms with Crippen LogP contribution < -0.4 is 5.32 Å². The molecule has 2 N–H and O–H groups in total. The monoisotopic (exact) mass is 243 g/mol. The van der Waals surface area contributed by atoms with Crippen LogP contribution >= 0.6 is 0 Å². The van der Waals surface area contributed by atoms with Gasteiger partial charge < -0.3 is 15.2 Å². The number of carboxylic acids is 1. The molecule has 3 unspecified atom stereocenters. The van der Waals surface area contributed by atoms with Gasteiger partial charge in [0.2, 0.25) is 5.91 Å². The lowest BCUT2D eigenvalue weighted by atomic mass is 9.88. The topological polar surface area (TPSA) is 75.6 Å². The van der Waals surface area contributed by atoms with Crippen molar-refractivity contribution in [3.8, 4) is 0 Å². The Balaban J connectivity index is 2.48. The van der Waals surface area contributed by atoms with Gasteiger partial charge in [0.05, 0.1) is 12.5 Å². The van der Waals surface area contributed by atoms with Crippen LogP contribution in [0.3, 0.4) is 0 Å². The van der Waals surface area contributed by atoms with Gasteiger partial charge in [-0.15, -0.1) is 0 Å². The van der Waals surface area contributed by atoms with Crippen LogP contribution in [0, 0.1) is 11.8 Å². The van der Waals surface area contributed by atoms with Gasteiger partial charge >= 0.3 is 5.97 Å². The van der Waals surface area contributed by atoms with E-state index in [1.54, 1.807) is 0 Å². The van der Waals surface area contributed by atoms with Crippen LogP contribution in [0.5, 0.6) is 0 Å². The number of ether oxygens (including phenoxy) is 1. The van der Waals surface area contributed by atoms with E-state index in [0.717, 1.165) is 12.8 Å². The number of rotatable bonds is 6. The predicted molar refractivity (Wildman–Crippen MR) is 62.6 cm³/mol. The second-order valence-electron chi connectivity index (χ2n) is 4.65. The Hall–Kier alpha value is -1.10. The zero-order valence-corrected chi connectivity index (χ0v) is 10.4. The summed E-state index contributed by atoms with van der Waals surface area (Å²) >= 11 is 0. The Bertz CT molecular complexity index is 274. The van der Waals surface area contributed by atoms with Crippen LogP contribution in [0.15, 0.2) is 0 Å². The van der Waals surface area contributed by atoms with Gasteiger partial charge in [-0.1, -0.05) is 6.92 Å². The number of carbonyl (C=O) groups excluding carboxylic acids is 1. The van der Waals surface area contributed by atoms with E-state index in [1.165, 1.54) is 0 Å². The van der Waals surface area contributed by atoms with Crippen molar-refractivity contribution in [1.82, 2.24) is 5.32 Å². The molecule has 5 heteroatoms. The summed E-state index contributed by atoms with van der Waals surface area (Å²) in [6.07, 6.45) is 1.62. The number of aliphatic carboxylic acids is 1. The van der Waals surface area contributed by atoms with E-state index < -0.39 is 11.9 Å². The Kier molecular flexibility index (Phi) is 5.41. The SMILES string of the molecule is CCC(C)NC(=O)CC(C(=O)O)C1CCOC1. The molecule has 1 aliphatic rings. The quantitative estimate of drug-likeness (QED) is 0.730. The molecular formula is C12H21NO4. The lowest BCUT2D eigenvalue weighted by molar-refractivity contribution is -0.146. The minimum absolute atomic E-state index is 0.0322. The van der Waals surface area contributed by atoms with Crippen LogP contribution in [0.4, 0.5) is 0 Å². The van der Waals surface area contributed by atoms with E-state index in [2.05, 4.69) is 5.32 Å². The van der Waals surface area contributed by atoms with E-state index in [9.17, 15) is 9.59 Å². The summed E-state index contributed by atoms with van der Waals surface area (Å²) in [6, 6.07) is 0.0942. The first kappa shape index (κ1) is 14.0. The predicted octanol–water partition coefficient (Wildman–Crippen LogP) is 1.03. The molecule has 1 fully saturated rings. The third-order valence-electron chi connectivity index (χ3n) is 3.28. The van der Waals surface area contributed by atoms with Crippen molar-refractivity contribution in [1.29, 1.82) is 0 Å². The van der Waals surface area contributed by atoms with E-state index in [0.29, 0.717) is 13.2 Å². The van der Waals surface area contributed by atoms with Gasteiger partial charge in [-0.05, 0) is 25.7 Å². The van der Waals surface area contributed by atoms with E-state index >= 15 is 0 Å². The highest BCUT2D eigenvalue weighted by molar-refractivity contribution is 5.82. The van der Waals surface area contributed by atoms with Crippen molar-refractivity contribution < 1.29 is 19.4 Å². The molecule has 0 aliphatic carbocycles. The normalized spacial score (nSPS) is 23.1. The molecule has 1 saturated heterocycles. The number of amides is 1. The molecule has 1 aliphatic heterocycles. The molecule has 0 saturated carbocycles. The molecule has 1 heterocycles. The van der Waals surface area contributed by atoms with Crippen LogP contribution in [0.2, 0.25) is 0 Å². The Morgan fingerprint density at radius 3 is 2.71 bits per heavy atom. The average Bonchev–Trinajstić information content (AvgIpc) is 2.78. The van der Waals surface area contributed by atoms with Crippen LogP contribution in [-0.4, -0.2) is 36.2 Å². The molecule has 1 amide bonds. The third kappa shape index (κ3) is 4.34. The van der Waals surface area contributed by atoms with Crippen molar-refractivity contribution in [3.63, 3.8) is 0 Å². The molecule has 3 atom stereocenters. The Morgan fingerprint density at radius 2 is 2.24 bits per heavy atom. The molecule has 5 nitrogen and oxygen atoms in total. The standard InChI is InChI=1S/C12H21NO4/c1-3-8(2)13-11(14)6-10(12(15)16)9-4-5-17-7-9/h8-10H,3-7H2,1-2H3,(H,13,14)(H,15,16). The van der Waals surface area contributed by atoms with E-state index in [1.807, 2.05) is 13.8 Å². The molecule has 17 heavy (non-hydrogen) atoms. The van der Waals surface area contributed by atoms with Gasteiger partial charge in [0.1, 0.15) is 0 Å². The Morgan fingerprint density at radius 1 is 1.53 bits per heavy atom. The van der Waals surface area contributed by atoms with Crippen LogP contribution in [-0.2, 0) is 14.3 Å². The van der Waals surface area contributed by atoms with Crippen molar-refractivity contribution in [2.24, 2.45) is 11.8 Å². The molecule has 0 spiro atoms. The van der Waals surface area contributed by atoms with Gasteiger partial charge in [0, 0.05) is 19.1 Å². The first-order valence-electron chi connectivity index (χ1n) is 6.14. The van der Waals surface area contributed by atoms with E-state index in [-0.39, 0.29) is 24.3 Å². The number of carbonyl (C=O) groups is 2. The summed E-state index contributed by atoms with van der Waals surface area (Å²) < 4.78 is 5.18. The number of hydrogen-bond donors (Lipinski definition) is 2. The minimum atomic E-state index is -0.903. The van der Waals surface area contributed by atoms with Crippen LogP contribution in [0.25, 0.3) is 0 Å². The van der Waals surface area contributed by atoms with E-state index in [4.69, 9.17) is 9.84 Å². The van der Waals surface area contributed by atoms with Gasteiger partial charge in [-0.3, -0.25) is 9.59 Å². The fourth-order valence-electron chi connectivity index (χ4n) is 1.96. The highest BCUT2D eigenvalue weighted by Gasteiger charge is 2.33. The summed E-state index contributed by atoms with van der Waals surface area (Å²) in [5.74, 6) is -1.74. The average molecular weight is 243 g/mol. The molecule has 0 radical (unpaired) electrons. The highest BCUT2D eigenvalue weighted by Crippen LogP contribution is 2.25. The smallest absolute Gasteiger partial charge is 0.307 e. The Labute approximate surface area is 102 Å². The molecule has 0 bridgehead atoms. The molecule has 1 rings (SSSR count). The molecular weight excluding hydrogens is 222 g/mol. The van der Waals surface area contributed by atoms with Crippen molar-refractivity contribution in [2.75, 3.05) is 13.2 Å². The lowest BCUT2D eigenvalue weighted by Crippen LogP contribution is -2.36. The lowest BCUT2D eigenvalue weighted by Gasteiger charge is -2.19. The molecule has 0 aromatic rings. The molecule has 0 aromatic carbocycles. The second kappa shape index (κ2) is 6.59. The summed E-state index contributed by atoms with van der Waals surface area (Å²) in [7, 11) is 0. The zero-order chi connectivity index (χ0) is 12.8. The number of carboxylic acid groups (broad SMARTS) is 1. The van der Waals surface area contributed by atoms with Gasteiger partial charge in [-0.2, -0.15) is 0 Å². The van der Waals surface area contributed by atoms with Crippen molar-refractivity contribution >= 4 is 11.9 Å². The van der Waals surface area contributed by atoms with Gasteiger partial charge in [-0.25, -0.2) is 0 Å². The fourth-order valence-corrected chi connectivity index (χ4v) is 1.96. The maximum atomic E-state index is 11.7. The van der Waals surface area contributed by atoms with Crippen molar-refractivity contribution in [2.45, 2.75) is 39.2 Å². The van der Waals surface area contributed by atoms with Crippen LogP contribution in [0.1, 0.15) is 33.1 Å². The third-order valence-corrected chi connectivity index (χ3v) is 3.28. The maximum absolute atomic E-state index is 11.7. The second-order valence-corrected chi connectivity index (χ2v) is 4.65. The van der Waals surface area contributed by atoms with Gasteiger partial charge in [0.15, 0.2) is 0 Å². The number of hydrogen-bond acceptors (Lipinski definition) is 3.